The van der Waals surface area contributed by atoms with E-state index < -0.39 is 6.04 Å². The van der Waals surface area contributed by atoms with Crippen LogP contribution in [0.4, 0.5) is 4.39 Å². The molecule has 4 rings (SSSR count). The highest BCUT2D eigenvalue weighted by molar-refractivity contribution is 6.06. The molecule has 0 saturated heterocycles. The summed E-state index contributed by atoms with van der Waals surface area (Å²) >= 11 is 0. The predicted octanol–water partition coefficient (Wildman–Crippen LogP) is 4.24. The molecule has 0 spiro atoms. The molecule has 0 aliphatic carbocycles. The second-order valence-corrected chi connectivity index (χ2v) is 7.19. The van der Waals surface area contributed by atoms with Gasteiger partial charge in [0.15, 0.2) is 0 Å². The van der Waals surface area contributed by atoms with Crippen LogP contribution in [0.15, 0.2) is 60.9 Å². The van der Waals surface area contributed by atoms with Gasteiger partial charge in [-0.1, -0.05) is 23.8 Å². The molecule has 2 aromatic carbocycles. The lowest BCUT2D eigenvalue weighted by Crippen LogP contribution is -2.31. The first-order valence-corrected chi connectivity index (χ1v) is 9.34. The van der Waals surface area contributed by atoms with Gasteiger partial charge in [0.25, 0.3) is 5.91 Å². The Hall–Kier alpha value is -3.54. The molecule has 0 fully saturated rings. The number of rotatable bonds is 4. The fourth-order valence-corrected chi connectivity index (χ4v) is 3.48. The standard InChI is InChI=1S/C23H21FN4O/c1-14-4-9-20-18(12-14)19(13-15(2)26-20)23(29)27-21(22-25-10-11-28(22)3)16-5-7-17(24)8-6-16/h4-13,21H,1-3H3,(H,27,29). The highest BCUT2D eigenvalue weighted by Gasteiger charge is 2.23. The number of imidazole rings is 1. The first-order chi connectivity index (χ1) is 13.9. The van der Waals surface area contributed by atoms with Gasteiger partial charge < -0.3 is 9.88 Å². The van der Waals surface area contributed by atoms with E-state index in [4.69, 9.17) is 0 Å². The average Bonchev–Trinajstić information content (AvgIpc) is 3.12. The van der Waals surface area contributed by atoms with Gasteiger partial charge in [0, 0.05) is 30.5 Å². The van der Waals surface area contributed by atoms with E-state index in [1.54, 1.807) is 24.4 Å². The Morgan fingerprint density at radius 1 is 1.10 bits per heavy atom. The minimum atomic E-state index is -0.517. The molecule has 4 aromatic rings. The van der Waals surface area contributed by atoms with E-state index >= 15 is 0 Å². The SMILES string of the molecule is Cc1ccc2nc(C)cc(C(=O)NC(c3ccc(F)cc3)c3nccn3C)c2c1. The van der Waals surface area contributed by atoms with Gasteiger partial charge in [-0.25, -0.2) is 9.37 Å². The van der Waals surface area contributed by atoms with Crippen molar-refractivity contribution in [3.05, 3.63) is 95.0 Å². The van der Waals surface area contributed by atoms with Gasteiger partial charge in [0.1, 0.15) is 17.7 Å². The maximum atomic E-state index is 13.4. The largest absolute Gasteiger partial charge is 0.338 e. The Morgan fingerprint density at radius 3 is 2.55 bits per heavy atom. The van der Waals surface area contributed by atoms with Crippen molar-refractivity contribution in [3.8, 4) is 0 Å². The molecule has 2 aromatic heterocycles. The van der Waals surface area contributed by atoms with E-state index in [2.05, 4.69) is 15.3 Å². The second kappa shape index (κ2) is 7.47. The van der Waals surface area contributed by atoms with Crippen LogP contribution >= 0.6 is 0 Å². The molecule has 1 unspecified atom stereocenters. The highest BCUT2D eigenvalue weighted by atomic mass is 19.1. The summed E-state index contributed by atoms with van der Waals surface area (Å²) in [4.78, 5) is 22.3. The zero-order valence-corrected chi connectivity index (χ0v) is 16.5. The molecule has 1 atom stereocenters. The lowest BCUT2D eigenvalue weighted by Gasteiger charge is -2.20. The summed E-state index contributed by atoms with van der Waals surface area (Å²) in [5.41, 5.74) is 3.90. The molecule has 1 N–H and O–H groups in total. The minimum Gasteiger partial charge on any atom is -0.338 e. The van der Waals surface area contributed by atoms with E-state index in [1.165, 1.54) is 12.1 Å². The molecule has 1 amide bonds. The van der Waals surface area contributed by atoms with Crippen LogP contribution < -0.4 is 5.32 Å². The molecular formula is C23H21FN4O. The van der Waals surface area contributed by atoms with Gasteiger partial charge in [-0.2, -0.15) is 0 Å². The third-order valence-electron chi connectivity index (χ3n) is 4.93. The quantitative estimate of drug-likeness (QED) is 0.569. The van der Waals surface area contributed by atoms with Crippen LogP contribution in [0.3, 0.4) is 0 Å². The summed E-state index contributed by atoms with van der Waals surface area (Å²) < 4.78 is 15.3. The molecule has 29 heavy (non-hydrogen) atoms. The van der Waals surface area contributed by atoms with Gasteiger partial charge in [-0.3, -0.25) is 9.78 Å². The molecule has 0 aliphatic heterocycles. The van der Waals surface area contributed by atoms with Crippen molar-refractivity contribution in [1.82, 2.24) is 19.9 Å². The molecular weight excluding hydrogens is 367 g/mol. The van der Waals surface area contributed by atoms with Crippen molar-refractivity contribution < 1.29 is 9.18 Å². The molecule has 5 nitrogen and oxygen atoms in total. The van der Waals surface area contributed by atoms with Crippen molar-refractivity contribution in [2.45, 2.75) is 19.9 Å². The summed E-state index contributed by atoms with van der Waals surface area (Å²) in [7, 11) is 1.86. The van der Waals surface area contributed by atoms with Gasteiger partial charge in [-0.15, -0.1) is 0 Å². The van der Waals surface area contributed by atoms with Gasteiger partial charge in [-0.05, 0) is 49.7 Å². The number of pyridine rings is 1. The molecule has 0 saturated carbocycles. The van der Waals surface area contributed by atoms with Crippen molar-refractivity contribution in [1.29, 1.82) is 0 Å². The summed E-state index contributed by atoms with van der Waals surface area (Å²) in [5, 5.41) is 3.88. The zero-order chi connectivity index (χ0) is 20.5. The van der Waals surface area contributed by atoms with E-state index in [0.29, 0.717) is 11.4 Å². The number of hydrogen-bond acceptors (Lipinski definition) is 3. The number of nitrogens with zero attached hydrogens (tertiary/aromatic N) is 3. The third-order valence-corrected chi connectivity index (χ3v) is 4.93. The van der Waals surface area contributed by atoms with Crippen LogP contribution in [-0.2, 0) is 7.05 Å². The summed E-state index contributed by atoms with van der Waals surface area (Å²) in [6.07, 6.45) is 3.49. The maximum absolute atomic E-state index is 13.4. The fraction of sp³-hybridized carbons (Fsp3) is 0.174. The smallest absolute Gasteiger partial charge is 0.252 e. The minimum absolute atomic E-state index is 0.233. The Kier molecular flexibility index (Phi) is 4.84. The summed E-state index contributed by atoms with van der Waals surface area (Å²) in [6.45, 7) is 3.85. The number of hydrogen-bond donors (Lipinski definition) is 1. The fourth-order valence-electron chi connectivity index (χ4n) is 3.48. The topological polar surface area (TPSA) is 59.8 Å². The lowest BCUT2D eigenvalue weighted by molar-refractivity contribution is 0.0942. The van der Waals surface area contributed by atoms with E-state index in [1.807, 2.05) is 49.9 Å². The van der Waals surface area contributed by atoms with E-state index in [9.17, 15) is 9.18 Å². The summed E-state index contributed by atoms with van der Waals surface area (Å²) in [5.74, 6) is 0.101. The number of carbonyl (C=O) groups excluding carboxylic acids is 1. The number of amides is 1. The van der Waals surface area contributed by atoms with Crippen molar-refractivity contribution >= 4 is 16.8 Å². The average molecular weight is 388 g/mol. The number of halogens is 1. The molecule has 0 radical (unpaired) electrons. The van der Waals surface area contributed by atoms with Crippen LogP contribution in [0.25, 0.3) is 10.9 Å². The van der Waals surface area contributed by atoms with Crippen LogP contribution in [0, 0.1) is 19.7 Å². The van der Waals surface area contributed by atoms with Crippen LogP contribution in [0.5, 0.6) is 0 Å². The van der Waals surface area contributed by atoms with Gasteiger partial charge in [0.2, 0.25) is 0 Å². The highest BCUT2D eigenvalue weighted by Crippen LogP contribution is 2.24. The Labute approximate surface area is 168 Å². The van der Waals surface area contributed by atoms with E-state index in [0.717, 1.165) is 27.7 Å². The normalized spacial score (nSPS) is 12.1. The zero-order valence-electron chi connectivity index (χ0n) is 16.5. The number of aromatic nitrogens is 3. The Bertz CT molecular complexity index is 1200. The Morgan fingerprint density at radius 2 is 1.86 bits per heavy atom. The number of nitrogens with one attached hydrogen (secondary N) is 1. The lowest BCUT2D eigenvalue weighted by atomic mass is 10.0. The van der Waals surface area contributed by atoms with Crippen molar-refractivity contribution in [3.63, 3.8) is 0 Å². The van der Waals surface area contributed by atoms with Gasteiger partial charge >= 0.3 is 0 Å². The van der Waals surface area contributed by atoms with Crippen LogP contribution in [0.1, 0.15) is 39.0 Å². The molecule has 0 bridgehead atoms. The Balaban J connectivity index is 1.78. The van der Waals surface area contributed by atoms with Crippen molar-refractivity contribution in [2.24, 2.45) is 7.05 Å². The number of benzene rings is 2. The monoisotopic (exact) mass is 388 g/mol. The van der Waals surface area contributed by atoms with Crippen molar-refractivity contribution in [2.75, 3.05) is 0 Å². The summed E-state index contributed by atoms with van der Waals surface area (Å²) in [6, 6.07) is 13.2. The second-order valence-electron chi connectivity index (χ2n) is 7.19. The molecule has 0 aliphatic rings. The molecule has 146 valence electrons. The van der Waals surface area contributed by atoms with Crippen LogP contribution in [-0.4, -0.2) is 20.4 Å². The first kappa shape index (κ1) is 18.8. The van der Waals surface area contributed by atoms with Crippen LogP contribution in [0.2, 0.25) is 0 Å². The third kappa shape index (κ3) is 3.74. The predicted molar refractivity (Wildman–Crippen MR) is 110 cm³/mol. The number of carbonyl (C=O) groups is 1. The molecule has 2 heterocycles. The molecule has 6 heteroatoms. The van der Waals surface area contributed by atoms with E-state index in [-0.39, 0.29) is 11.7 Å². The maximum Gasteiger partial charge on any atom is 0.252 e. The number of fused-ring (bicyclic) bond motifs is 1. The van der Waals surface area contributed by atoms with Gasteiger partial charge in [0.05, 0.1) is 11.1 Å². The first-order valence-electron chi connectivity index (χ1n) is 9.34. The number of aryl methyl sites for hydroxylation is 3.